The smallest absolute Gasteiger partial charge is 0.233 e. The van der Waals surface area contributed by atoms with Crippen molar-refractivity contribution >= 4 is 11.6 Å². The zero-order valence-electron chi connectivity index (χ0n) is 15.4. The van der Waals surface area contributed by atoms with Crippen LogP contribution in [0, 0.1) is 11.3 Å². The molecule has 0 bridgehead atoms. The van der Waals surface area contributed by atoms with E-state index in [1.807, 2.05) is 23.2 Å². The monoisotopic (exact) mass is 330 g/mol. The quantitative estimate of drug-likeness (QED) is 0.915. The van der Waals surface area contributed by atoms with Gasteiger partial charge in [-0.25, -0.2) is 0 Å². The van der Waals surface area contributed by atoms with Crippen molar-refractivity contribution in [3.05, 3.63) is 24.0 Å². The first kappa shape index (κ1) is 17.4. The Hall–Kier alpha value is -1.42. The van der Waals surface area contributed by atoms with Gasteiger partial charge in [0.15, 0.2) is 0 Å². The molecular formula is C20H30N2O2. The van der Waals surface area contributed by atoms with Crippen LogP contribution in [-0.2, 0) is 4.79 Å². The Kier molecular flexibility index (Phi) is 4.45. The lowest BCUT2D eigenvalue weighted by atomic mass is 9.65. The summed E-state index contributed by atoms with van der Waals surface area (Å²) in [6, 6.07) is 4.04. The van der Waals surface area contributed by atoms with Gasteiger partial charge in [0, 0.05) is 12.2 Å². The van der Waals surface area contributed by atoms with E-state index >= 15 is 0 Å². The summed E-state index contributed by atoms with van der Waals surface area (Å²) < 4.78 is 0. The highest BCUT2D eigenvalue weighted by molar-refractivity contribution is 5.99. The van der Waals surface area contributed by atoms with Gasteiger partial charge in [-0.1, -0.05) is 27.7 Å². The van der Waals surface area contributed by atoms with Crippen LogP contribution in [0.2, 0.25) is 0 Å². The average molecular weight is 330 g/mol. The molecule has 2 aliphatic rings. The number of hydrogen-bond donors (Lipinski definition) is 1. The Labute approximate surface area is 145 Å². The van der Waals surface area contributed by atoms with E-state index in [4.69, 9.17) is 0 Å². The number of aliphatic hydroxyl groups is 1. The molecule has 132 valence electrons. The zero-order chi connectivity index (χ0) is 17.5. The van der Waals surface area contributed by atoms with Crippen molar-refractivity contribution in [2.24, 2.45) is 11.3 Å². The van der Waals surface area contributed by atoms with Gasteiger partial charge in [0.25, 0.3) is 0 Å². The summed E-state index contributed by atoms with van der Waals surface area (Å²) in [7, 11) is 0. The molecule has 3 rings (SSSR count). The summed E-state index contributed by atoms with van der Waals surface area (Å²) in [5.41, 5.74) is 1.10. The highest BCUT2D eigenvalue weighted by atomic mass is 16.3. The minimum Gasteiger partial charge on any atom is -0.390 e. The largest absolute Gasteiger partial charge is 0.390 e. The third kappa shape index (κ3) is 2.85. The molecule has 1 aliphatic heterocycles. The molecule has 1 spiro atoms. The van der Waals surface area contributed by atoms with Crippen LogP contribution in [0.15, 0.2) is 18.3 Å². The lowest BCUT2D eigenvalue weighted by Crippen LogP contribution is -2.46. The van der Waals surface area contributed by atoms with Crippen molar-refractivity contribution in [3.8, 4) is 0 Å². The van der Waals surface area contributed by atoms with Crippen LogP contribution in [0.5, 0.6) is 0 Å². The zero-order valence-corrected chi connectivity index (χ0v) is 15.4. The van der Waals surface area contributed by atoms with Crippen molar-refractivity contribution < 1.29 is 9.90 Å². The number of hydrogen-bond acceptors (Lipinski definition) is 3. The molecule has 1 amide bonds. The standard InChI is InChI=1S/C20H30N2O2/c1-14(2)17-6-5-16(13-21-17)22-12-11-19(18(22)23)7-9-20(24,10-8-19)15(3)4/h5-6,13-15,24H,7-12H2,1-4H3. The summed E-state index contributed by atoms with van der Waals surface area (Å²) >= 11 is 0. The fourth-order valence-corrected chi connectivity index (χ4v) is 4.17. The van der Waals surface area contributed by atoms with Crippen LogP contribution >= 0.6 is 0 Å². The molecule has 4 nitrogen and oxygen atoms in total. The van der Waals surface area contributed by atoms with Crippen LogP contribution in [0.3, 0.4) is 0 Å². The van der Waals surface area contributed by atoms with E-state index in [9.17, 15) is 9.90 Å². The minimum atomic E-state index is -0.598. The van der Waals surface area contributed by atoms with E-state index in [2.05, 4.69) is 32.7 Å². The predicted octanol–water partition coefficient (Wildman–Crippen LogP) is 3.89. The number of anilines is 1. The van der Waals surface area contributed by atoms with Gasteiger partial charge in [-0.05, 0) is 56.1 Å². The normalized spacial score (nSPS) is 30.8. The summed E-state index contributed by atoms with van der Waals surface area (Å²) in [5.74, 6) is 0.870. The van der Waals surface area contributed by atoms with Gasteiger partial charge in [-0.2, -0.15) is 0 Å². The van der Waals surface area contributed by atoms with Crippen LogP contribution in [0.25, 0.3) is 0 Å². The van der Waals surface area contributed by atoms with E-state index in [0.29, 0.717) is 5.92 Å². The first-order chi connectivity index (χ1) is 11.3. The highest BCUT2D eigenvalue weighted by Gasteiger charge is 2.52. The number of rotatable bonds is 3. The second-order valence-electron chi connectivity index (χ2n) is 8.34. The van der Waals surface area contributed by atoms with Crippen LogP contribution in [0.4, 0.5) is 5.69 Å². The van der Waals surface area contributed by atoms with E-state index in [-0.39, 0.29) is 17.2 Å². The van der Waals surface area contributed by atoms with Crippen molar-refractivity contribution in [2.75, 3.05) is 11.4 Å². The van der Waals surface area contributed by atoms with E-state index in [1.165, 1.54) is 0 Å². The van der Waals surface area contributed by atoms with Gasteiger partial charge in [0.05, 0.1) is 22.9 Å². The van der Waals surface area contributed by atoms with Crippen molar-refractivity contribution in [2.45, 2.75) is 71.3 Å². The molecule has 1 saturated carbocycles. The number of carbonyl (C=O) groups is 1. The maximum atomic E-state index is 13.1. The third-order valence-corrected chi connectivity index (χ3v) is 6.33. The number of carbonyl (C=O) groups excluding carboxylic acids is 1. The van der Waals surface area contributed by atoms with Gasteiger partial charge in [-0.15, -0.1) is 0 Å². The van der Waals surface area contributed by atoms with E-state index in [0.717, 1.165) is 50.0 Å². The van der Waals surface area contributed by atoms with Gasteiger partial charge in [-0.3, -0.25) is 9.78 Å². The van der Waals surface area contributed by atoms with Crippen molar-refractivity contribution in [1.29, 1.82) is 0 Å². The molecule has 1 aromatic heterocycles. The Morgan fingerprint density at radius 1 is 1.08 bits per heavy atom. The molecule has 0 atom stereocenters. The summed E-state index contributed by atoms with van der Waals surface area (Å²) in [6.07, 6.45) is 5.79. The van der Waals surface area contributed by atoms with Gasteiger partial charge in [0.2, 0.25) is 5.91 Å². The van der Waals surface area contributed by atoms with Gasteiger partial charge >= 0.3 is 0 Å². The lowest BCUT2D eigenvalue weighted by molar-refractivity contribution is -0.132. The highest BCUT2D eigenvalue weighted by Crippen LogP contribution is 2.50. The topological polar surface area (TPSA) is 53.4 Å². The fourth-order valence-electron chi connectivity index (χ4n) is 4.17. The Morgan fingerprint density at radius 3 is 2.25 bits per heavy atom. The Bertz CT molecular complexity index is 599. The molecule has 0 radical (unpaired) electrons. The Morgan fingerprint density at radius 2 is 1.75 bits per heavy atom. The number of aromatic nitrogens is 1. The first-order valence-corrected chi connectivity index (χ1v) is 9.28. The molecule has 24 heavy (non-hydrogen) atoms. The number of pyridine rings is 1. The van der Waals surface area contributed by atoms with Crippen LogP contribution in [-0.4, -0.2) is 28.1 Å². The molecule has 1 N–H and O–H groups in total. The number of nitrogens with zero attached hydrogens (tertiary/aromatic N) is 2. The average Bonchev–Trinajstić information content (AvgIpc) is 2.87. The molecule has 1 saturated heterocycles. The van der Waals surface area contributed by atoms with E-state index in [1.54, 1.807) is 0 Å². The van der Waals surface area contributed by atoms with Crippen molar-refractivity contribution in [1.82, 2.24) is 4.98 Å². The first-order valence-electron chi connectivity index (χ1n) is 9.28. The number of amides is 1. The second kappa shape index (κ2) is 6.14. The van der Waals surface area contributed by atoms with Gasteiger partial charge in [0.1, 0.15) is 0 Å². The predicted molar refractivity (Wildman–Crippen MR) is 96.0 cm³/mol. The van der Waals surface area contributed by atoms with Crippen LogP contribution < -0.4 is 4.90 Å². The summed E-state index contributed by atoms with van der Waals surface area (Å²) in [4.78, 5) is 19.5. The molecule has 4 heteroatoms. The maximum Gasteiger partial charge on any atom is 0.233 e. The van der Waals surface area contributed by atoms with E-state index < -0.39 is 5.60 Å². The molecule has 1 aromatic rings. The molecule has 1 aliphatic carbocycles. The second-order valence-corrected chi connectivity index (χ2v) is 8.34. The SMILES string of the molecule is CC(C)c1ccc(N2CCC3(CCC(O)(C(C)C)CC3)C2=O)cn1. The summed E-state index contributed by atoms with van der Waals surface area (Å²) in [6.45, 7) is 9.15. The Balaban J connectivity index is 1.74. The summed E-state index contributed by atoms with van der Waals surface area (Å²) in [5, 5.41) is 10.7. The molecule has 0 aromatic carbocycles. The molecule has 0 unspecified atom stereocenters. The fraction of sp³-hybridized carbons (Fsp3) is 0.700. The van der Waals surface area contributed by atoms with Gasteiger partial charge < -0.3 is 10.0 Å². The molecule has 2 heterocycles. The van der Waals surface area contributed by atoms with Crippen LogP contribution in [0.1, 0.15) is 71.4 Å². The maximum absolute atomic E-state index is 13.1. The third-order valence-electron chi connectivity index (χ3n) is 6.33. The molecular weight excluding hydrogens is 300 g/mol. The van der Waals surface area contributed by atoms with Crippen molar-refractivity contribution in [3.63, 3.8) is 0 Å². The molecule has 2 fully saturated rings. The minimum absolute atomic E-state index is 0.229. The lowest BCUT2D eigenvalue weighted by Gasteiger charge is -2.43.